The molecule has 0 bridgehead atoms. The number of carbonyl (C=O) groups is 1. The van der Waals surface area contributed by atoms with Crippen LogP contribution in [0.15, 0.2) is 30.5 Å². The number of pyridine rings is 1. The maximum atomic E-state index is 13.6. The van der Waals surface area contributed by atoms with Crippen LogP contribution in [-0.4, -0.2) is 50.0 Å². The van der Waals surface area contributed by atoms with Crippen molar-refractivity contribution in [2.45, 2.75) is 38.6 Å². The van der Waals surface area contributed by atoms with Crippen molar-refractivity contribution >= 4 is 17.4 Å². The minimum Gasteiger partial charge on any atom is -0.355 e. The first kappa shape index (κ1) is 20.4. The fourth-order valence-electron chi connectivity index (χ4n) is 4.72. The van der Waals surface area contributed by atoms with Gasteiger partial charge in [-0.05, 0) is 44.7 Å². The van der Waals surface area contributed by atoms with Crippen LogP contribution in [-0.2, 0) is 0 Å². The number of aryl methyl sites for hydroxylation is 1. The Hall–Kier alpha value is -3.54. The van der Waals surface area contributed by atoms with Gasteiger partial charge in [-0.3, -0.25) is 4.79 Å². The second-order valence-corrected chi connectivity index (χ2v) is 8.54. The number of rotatable bonds is 3. The zero-order valence-corrected chi connectivity index (χ0v) is 17.9. The monoisotopic (exact) mass is 433 g/mol. The quantitative estimate of drug-likeness (QED) is 0.589. The fourth-order valence-corrected chi connectivity index (χ4v) is 4.72. The molecule has 2 atom stereocenters. The van der Waals surface area contributed by atoms with E-state index in [-0.39, 0.29) is 23.6 Å². The Balaban J connectivity index is 1.46. The molecular formula is C23H24FN7O. The third-order valence-electron chi connectivity index (χ3n) is 6.33. The highest BCUT2D eigenvalue weighted by Crippen LogP contribution is 2.32. The molecule has 3 aromatic rings. The van der Waals surface area contributed by atoms with Crippen molar-refractivity contribution in [2.24, 2.45) is 5.92 Å². The molecule has 9 heteroatoms. The van der Waals surface area contributed by atoms with Crippen molar-refractivity contribution < 1.29 is 9.18 Å². The largest absolute Gasteiger partial charge is 0.355 e. The van der Waals surface area contributed by atoms with Crippen molar-refractivity contribution in [3.05, 3.63) is 53.4 Å². The molecule has 0 aliphatic carbocycles. The van der Waals surface area contributed by atoms with E-state index in [1.54, 1.807) is 15.5 Å². The zero-order valence-electron chi connectivity index (χ0n) is 17.9. The van der Waals surface area contributed by atoms with Gasteiger partial charge in [0.1, 0.15) is 11.5 Å². The summed E-state index contributed by atoms with van der Waals surface area (Å²) in [6, 6.07) is 8.35. The van der Waals surface area contributed by atoms with Gasteiger partial charge in [0.15, 0.2) is 5.65 Å². The number of hydrogen-bond acceptors (Lipinski definition) is 6. The molecule has 3 aromatic heterocycles. The number of anilines is 1. The Morgan fingerprint density at radius 1 is 1.22 bits per heavy atom. The summed E-state index contributed by atoms with van der Waals surface area (Å²) in [6.07, 6.45) is 5.46. The van der Waals surface area contributed by atoms with Crippen molar-refractivity contribution in [1.29, 1.82) is 5.26 Å². The van der Waals surface area contributed by atoms with Gasteiger partial charge in [-0.25, -0.2) is 14.5 Å². The van der Waals surface area contributed by atoms with Crippen LogP contribution in [0.5, 0.6) is 0 Å². The summed E-state index contributed by atoms with van der Waals surface area (Å²) in [5.74, 6) is -0.0334. The van der Waals surface area contributed by atoms with Gasteiger partial charge >= 0.3 is 0 Å². The highest BCUT2D eigenvalue weighted by molar-refractivity contribution is 5.92. The van der Waals surface area contributed by atoms with Crippen LogP contribution in [0.25, 0.3) is 5.65 Å². The van der Waals surface area contributed by atoms with Crippen LogP contribution in [0.3, 0.4) is 0 Å². The minimum atomic E-state index is -0.662. The maximum Gasteiger partial charge on any atom is 0.273 e. The molecule has 5 rings (SSSR count). The number of amides is 1. The first-order valence-corrected chi connectivity index (χ1v) is 11.0. The number of hydrogen-bond donors (Lipinski definition) is 0. The highest BCUT2D eigenvalue weighted by atomic mass is 19.1. The number of aromatic nitrogens is 4. The summed E-state index contributed by atoms with van der Waals surface area (Å²) in [5, 5.41) is 14.0. The van der Waals surface area contributed by atoms with Gasteiger partial charge in [0.05, 0.1) is 23.7 Å². The molecule has 2 fully saturated rings. The first-order chi connectivity index (χ1) is 15.5. The summed E-state index contributed by atoms with van der Waals surface area (Å²) >= 11 is 0. The van der Waals surface area contributed by atoms with E-state index in [2.05, 4.69) is 16.0 Å². The lowest BCUT2D eigenvalue weighted by molar-refractivity contribution is 0.0598. The summed E-state index contributed by atoms with van der Waals surface area (Å²) in [4.78, 5) is 25.6. The minimum absolute atomic E-state index is 0.0335. The van der Waals surface area contributed by atoms with Crippen LogP contribution in [0.4, 0.5) is 10.2 Å². The number of nitrogens with zero attached hydrogens (tertiary/aromatic N) is 7. The third-order valence-corrected chi connectivity index (χ3v) is 6.33. The normalized spacial score (nSPS) is 21.2. The zero-order chi connectivity index (χ0) is 22.2. The van der Waals surface area contributed by atoms with Gasteiger partial charge in [0.25, 0.3) is 5.91 Å². The van der Waals surface area contributed by atoms with E-state index in [1.165, 1.54) is 12.1 Å². The molecule has 2 unspecified atom stereocenters. The molecule has 0 spiro atoms. The van der Waals surface area contributed by atoms with E-state index in [4.69, 9.17) is 10.1 Å². The standard InChI is InChI=1S/C23H24FN7O/c1-15-13-31-21(27-22(15)29-10-8-16(12-25)14-29)11-18(28-31)19-6-2-3-9-30(19)23(32)17-5-4-7-20(24)26-17/h4-5,7,11,13,16,19H,2-3,6,8-10,14H2,1H3. The van der Waals surface area contributed by atoms with E-state index in [0.717, 1.165) is 49.3 Å². The van der Waals surface area contributed by atoms with Crippen molar-refractivity contribution in [2.75, 3.05) is 24.5 Å². The summed E-state index contributed by atoms with van der Waals surface area (Å²) < 4.78 is 15.3. The Bertz CT molecular complexity index is 1220. The third kappa shape index (κ3) is 3.66. The number of halogens is 1. The lowest BCUT2D eigenvalue weighted by Gasteiger charge is -2.34. The van der Waals surface area contributed by atoms with E-state index in [9.17, 15) is 14.4 Å². The molecule has 0 N–H and O–H groups in total. The second-order valence-electron chi connectivity index (χ2n) is 8.54. The average molecular weight is 433 g/mol. The van der Waals surface area contributed by atoms with E-state index in [1.807, 2.05) is 19.2 Å². The Labute approximate surface area is 185 Å². The molecular weight excluding hydrogens is 409 g/mol. The Kier molecular flexibility index (Phi) is 5.21. The molecule has 1 amide bonds. The fraction of sp³-hybridized carbons (Fsp3) is 0.435. The molecule has 164 valence electrons. The van der Waals surface area contributed by atoms with Crippen LogP contribution in [0.1, 0.15) is 53.5 Å². The molecule has 8 nitrogen and oxygen atoms in total. The van der Waals surface area contributed by atoms with Crippen LogP contribution >= 0.6 is 0 Å². The molecule has 0 saturated carbocycles. The Morgan fingerprint density at radius 3 is 2.88 bits per heavy atom. The predicted molar refractivity (Wildman–Crippen MR) is 115 cm³/mol. The number of fused-ring (bicyclic) bond motifs is 1. The summed E-state index contributed by atoms with van der Waals surface area (Å²) in [7, 11) is 0. The lowest BCUT2D eigenvalue weighted by atomic mass is 9.99. The van der Waals surface area contributed by atoms with Gasteiger partial charge < -0.3 is 9.80 Å². The highest BCUT2D eigenvalue weighted by Gasteiger charge is 2.32. The van der Waals surface area contributed by atoms with Crippen LogP contribution in [0, 0.1) is 30.1 Å². The van der Waals surface area contributed by atoms with Crippen molar-refractivity contribution in [3.8, 4) is 6.07 Å². The SMILES string of the molecule is Cc1cn2nc(C3CCCCN3C(=O)c3cccc(F)n3)cc2nc1N1CCC(C#N)C1. The molecule has 5 heterocycles. The van der Waals surface area contributed by atoms with E-state index < -0.39 is 5.95 Å². The molecule has 2 aliphatic heterocycles. The van der Waals surface area contributed by atoms with Gasteiger partial charge in [0.2, 0.25) is 5.95 Å². The van der Waals surface area contributed by atoms with Crippen LogP contribution < -0.4 is 4.90 Å². The van der Waals surface area contributed by atoms with E-state index in [0.29, 0.717) is 18.7 Å². The smallest absolute Gasteiger partial charge is 0.273 e. The number of piperidine rings is 1. The molecule has 0 aromatic carbocycles. The molecule has 2 aliphatic rings. The average Bonchev–Trinajstić information content (AvgIpc) is 3.44. The lowest BCUT2D eigenvalue weighted by Crippen LogP contribution is -2.39. The number of likely N-dealkylation sites (tertiary alicyclic amines) is 1. The van der Waals surface area contributed by atoms with Crippen LogP contribution in [0.2, 0.25) is 0 Å². The number of nitriles is 1. The Morgan fingerprint density at radius 2 is 2.09 bits per heavy atom. The van der Waals surface area contributed by atoms with Gasteiger partial charge in [0, 0.05) is 37.5 Å². The first-order valence-electron chi connectivity index (χ1n) is 11.0. The summed E-state index contributed by atoms with van der Waals surface area (Å²) in [6.45, 7) is 4.08. The number of carbonyl (C=O) groups excluding carboxylic acids is 1. The van der Waals surface area contributed by atoms with Crippen molar-refractivity contribution in [3.63, 3.8) is 0 Å². The van der Waals surface area contributed by atoms with Gasteiger partial charge in [-0.2, -0.15) is 14.8 Å². The molecule has 0 radical (unpaired) electrons. The van der Waals surface area contributed by atoms with Gasteiger partial charge in [-0.1, -0.05) is 6.07 Å². The van der Waals surface area contributed by atoms with Crippen molar-refractivity contribution in [1.82, 2.24) is 24.5 Å². The van der Waals surface area contributed by atoms with E-state index >= 15 is 0 Å². The summed E-state index contributed by atoms with van der Waals surface area (Å²) in [5.41, 5.74) is 2.59. The molecule has 32 heavy (non-hydrogen) atoms. The molecule has 2 saturated heterocycles. The second kappa shape index (κ2) is 8.19. The van der Waals surface area contributed by atoms with Gasteiger partial charge in [-0.15, -0.1) is 0 Å². The topological polar surface area (TPSA) is 90.4 Å². The maximum absolute atomic E-state index is 13.6. The predicted octanol–water partition coefficient (Wildman–Crippen LogP) is 3.29.